The number of carbonyl (C=O) groups is 2. The van der Waals surface area contributed by atoms with E-state index in [0.29, 0.717) is 11.5 Å². The maximum atomic E-state index is 13.2. The van der Waals surface area contributed by atoms with Gasteiger partial charge in [-0.2, -0.15) is 5.10 Å². The van der Waals surface area contributed by atoms with Gasteiger partial charge in [-0.05, 0) is 80.9 Å². The summed E-state index contributed by atoms with van der Waals surface area (Å²) >= 11 is 0. The summed E-state index contributed by atoms with van der Waals surface area (Å²) in [5, 5.41) is 14.1. The molecular weight excluding hydrogens is 510 g/mol. The molecule has 1 aromatic heterocycles. The standard InChI is InChI=1S/C34H43N5O2/c1-6-7-8-9-10-29(40)32(26-19-21-35-22-20-26)25-13-15-27(16-14-25)36-33(41)37-31-23-30(34(3,4)5)38-39(31)28-17-11-24(2)12-18-28/h11-18,23,26,32,35H,6-8,19-22H2,1-5H3,(H2,36,37,41). The summed E-state index contributed by atoms with van der Waals surface area (Å²) in [5.41, 5.74) is 4.32. The van der Waals surface area contributed by atoms with E-state index >= 15 is 0 Å². The number of aromatic nitrogens is 2. The largest absolute Gasteiger partial charge is 0.324 e. The number of Topliss-reactive ketones (excluding diaryl/α,β-unsaturated/α-hetero) is 1. The molecule has 0 bridgehead atoms. The Kier molecular flexibility index (Phi) is 10.0. The van der Waals surface area contributed by atoms with E-state index in [4.69, 9.17) is 5.10 Å². The Hall–Kier alpha value is -3.89. The van der Waals surface area contributed by atoms with E-state index in [0.717, 1.165) is 67.7 Å². The highest BCUT2D eigenvalue weighted by molar-refractivity contribution is 6.01. The van der Waals surface area contributed by atoms with E-state index in [9.17, 15) is 9.59 Å². The molecule has 2 heterocycles. The number of unbranched alkanes of at least 4 members (excludes halogenated alkanes) is 2. The molecule has 3 aromatic rings. The number of amides is 2. The Morgan fingerprint density at radius 3 is 2.37 bits per heavy atom. The van der Waals surface area contributed by atoms with Crippen LogP contribution in [0.4, 0.5) is 16.3 Å². The zero-order valence-electron chi connectivity index (χ0n) is 25.0. The van der Waals surface area contributed by atoms with E-state index in [1.165, 1.54) is 0 Å². The smallest absolute Gasteiger partial charge is 0.317 e. The van der Waals surface area contributed by atoms with Crippen LogP contribution in [0.15, 0.2) is 54.6 Å². The van der Waals surface area contributed by atoms with Gasteiger partial charge in [0.1, 0.15) is 5.82 Å². The van der Waals surface area contributed by atoms with Crippen LogP contribution in [0.3, 0.4) is 0 Å². The first-order chi connectivity index (χ1) is 19.7. The second-order valence-electron chi connectivity index (χ2n) is 11.9. The molecule has 0 aliphatic carbocycles. The molecule has 2 amide bonds. The summed E-state index contributed by atoms with van der Waals surface area (Å²) in [6, 6.07) is 17.2. The lowest BCUT2D eigenvalue weighted by Crippen LogP contribution is -2.33. The average molecular weight is 554 g/mol. The molecular formula is C34H43N5O2. The van der Waals surface area contributed by atoms with Crippen molar-refractivity contribution < 1.29 is 9.59 Å². The van der Waals surface area contributed by atoms with Crippen molar-refractivity contribution in [2.24, 2.45) is 5.92 Å². The van der Waals surface area contributed by atoms with E-state index < -0.39 is 0 Å². The summed E-state index contributed by atoms with van der Waals surface area (Å²) in [6.45, 7) is 12.3. The van der Waals surface area contributed by atoms with Gasteiger partial charge in [0.25, 0.3) is 0 Å². The number of urea groups is 1. The highest BCUT2D eigenvalue weighted by Gasteiger charge is 2.30. The van der Waals surface area contributed by atoms with Crippen LogP contribution in [0, 0.1) is 24.7 Å². The highest BCUT2D eigenvalue weighted by Crippen LogP contribution is 2.33. The average Bonchev–Trinajstić information content (AvgIpc) is 3.37. The zero-order chi connectivity index (χ0) is 29.4. The molecule has 216 valence electrons. The van der Waals surface area contributed by atoms with Gasteiger partial charge in [0.05, 0.1) is 17.3 Å². The molecule has 1 atom stereocenters. The number of anilines is 2. The molecule has 0 spiro atoms. The summed E-state index contributed by atoms with van der Waals surface area (Å²) in [5.74, 6) is 6.58. The molecule has 0 saturated carbocycles. The number of piperidine rings is 1. The Labute approximate surface area is 244 Å². The van der Waals surface area contributed by atoms with E-state index in [2.05, 4.69) is 55.5 Å². The van der Waals surface area contributed by atoms with Crippen LogP contribution in [0.5, 0.6) is 0 Å². The van der Waals surface area contributed by atoms with Crippen LogP contribution < -0.4 is 16.0 Å². The molecule has 1 fully saturated rings. The van der Waals surface area contributed by atoms with Crippen molar-refractivity contribution in [3.8, 4) is 17.5 Å². The van der Waals surface area contributed by atoms with Crippen LogP contribution >= 0.6 is 0 Å². The number of hydrogen-bond donors (Lipinski definition) is 3. The van der Waals surface area contributed by atoms with Crippen LogP contribution in [0.2, 0.25) is 0 Å². The van der Waals surface area contributed by atoms with Crippen LogP contribution in [0.1, 0.15) is 82.5 Å². The normalized spacial score (nSPS) is 14.6. The predicted octanol–water partition coefficient (Wildman–Crippen LogP) is 6.97. The van der Waals surface area contributed by atoms with E-state index in [-0.39, 0.29) is 29.1 Å². The number of rotatable bonds is 8. The third-order valence-electron chi connectivity index (χ3n) is 7.53. The van der Waals surface area contributed by atoms with Crippen LogP contribution in [-0.2, 0) is 10.2 Å². The van der Waals surface area contributed by atoms with Crippen molar-refractivity contribution in [2.45, 2.75) is 78.1 Å². The summed E-state index contributed by atoms with van der Waals surface area (Å²) in [4.78, 5) is 26.3. The van der Waals surface area contributed by atoms with Gasteiger partial charge in [-0.25, -0.2) is 9.48 Å². The number of benzene rings is 2. The topological polar surface area (TPSA) is 88.1 Å². The van der Waals surface area contributed by atoms with Gasteiger partial charge in [-0.1, -0.05) is 69.9 Å². The molecule has 0 radical (unpaired) electrons. The molecule has 1 aliphatic rings. The number of ketones is 1. The molecule has 3 N–H and O–H groups in total. The third-order valence-corrected chi connectivity index (χ3v) is 7.53. The van der Waals surface area contributed by atoms with Crippen molar-refractivity contribution >= 4 is 23.3 Å². The fourth-order valence-corrected chi connectivity index (χ4v) is 5.08. The lowest BCUT2D eigenvalue weighted by molar-refractivity contribution is -0.116. The molecule has 41 heavy (non-hydrogen) atoms. The quantitative estimate of drug-likeness (QED) is 0.160. The second-order valence-corrected chi connectivity index (χ2v) is 11.9. The van der Waals surface area contributed by atoms with Gasteiger partial charge in [0, 0.05) is 23.6 Å². The molecule has 7 heteroatoms. The van der Waals surface area contributed by atoms with Gasteiger partial charge >= 0.3 is 6.03 Å². The van der Waals surface area contributed by atoms with Gasteiger partial charge in [-0.3, -0.25) is 10.1 Å². The molecule has 2 aromatic carbocycles. The van der Waals surface area contributed by atoms with Crippen molar-refractivity contribution in [1.29, 1.82) is 0 Å². The number of aryl methyl sites for hydroxylation is 1. The third kappa shape index (κ3) is 8.08. The molecule has 1 unspecified atom stereocenters. The fourth-order valence-electron chi connectivity index (χ4n) is 5.08. The van der Waals surface area contributed by atoms with Crippen molar-refractivity contribution in [3.05, 3.63) is 71.4 Å². The SMILES string of the molecule is CCCCC#CC(=O)C(c1ccc(NC(=O)Nc2cc(C(C)(C)C)nn2-c2ccc(C)cc2)cc1)C1CCNCC1. The van der Waals surface area contributed by atoms with Crippen molar-refractivity contribution in [2.75, 3.05) is 23.7 Å². The molecule has 1 aliphatic heterocycles. The lowest BCUT2D eigenvalue weighted by Gasteiger charge is -2.29. The van der Waals surface area contributed by atoms with Gasteiger partial charge in [-0.15, -0.1) is 0 Å². The predicted molar refractivity (Wildman–Crippen MR) is 167 cm³/mol. The first kappa shape index (κ1) is 30.1. The fraction of sp³-hybridized carbons (Fsp3) is 0.441. The van der Waals surface area contributed by atoms with Gasteiger partial charge < -0.3 is 10.6 Å². The minimum Gasteiger partial charge on any atom is -0.317 e. The number of carbonyl (C=O) groups excluding carboxylic acids is 2. The minimum atomic E-state index is -0.362. The lowest BCUT2D eigenvalue weighted by atomic mass is 9.78. The second kappa shape index (κ2) is 13.6. The Morgan fingerprint density at radius 1 is 1.05 bits per heavy atom. The monoisotopic (exact) mass is 553 g/mol. The first-order valence-corrected chi connectivity index (χ1v) is 14.7. The Morgan fingerprint density at radius 2 is 1.73 bits per heavy atom. The van der Waals surface area contributed by atoms with Gasteiger partial charge in [0.15, 0.2) is 0 Å². The Balaban J connectivity index is 1.50. The van der Waals surface area contributed by atoms with Crippen LogP contribution in [0.25, 0.3) is 5.69 Å². The van der Waals surface area contributed by atoms with E-state index in [1.807, 2.05) is 61.5 Å². The van der Waals surface area contributed by atoms with Crippen LogP contribution in [-0.4, -0.2) is 34.7 Å². The minimum absolute atomic E-state index is 0.00882. The van der Waals surface area contributed by atoms with Gasteiger partial charge in [0.2, 0.25) is 5.78 Å². The maximum Gasteiger partial charge on any atom is 0.324 e. The number of hydrogen-bond acceptors (Lipinski definition) is 4. The van der Waals surface area contributed by atoms with Crippen molar-refractivity contribution in [1.82, 2.24) is 15.1 Å². The van der Waals surface area contributed by atoms with Crippen molar-refractivity contribution in [3.63, 3.8) is 0 Å². The summed E-state index contributed by atoms with van der Waals surface area (Å²) < 4.78 is 1.76. The highest BCUT2D eigenvalue weighted by atomic mass is 16.2. The number of nitrogens with one attached hydrogen (secondary N) is 3. The molecule has 4 rings (SSSR count). The van der Waals surface area contributed by atoms with E-state index in [1.54, 1.807) is 4.68 Å². The summed E-state index contributed by atoms with van der Waals surface area (Å²) in [6.07, 6.45) is 4.71. The molecule has 7 nitrogen and oxygen atoms in total. The first-order valence-electron chi connectivity index (χ1n) is 14.7. The molecule has 1 saturated heterocycles. The summed E-state index contributed by atoms with van der Waals surface area (Å²) in [7, 11) is 0. The number of nitrogens with zero attached hydrogens (tertiary/aromatic N) is 2. The zero-order valence-corrected chi connectivity index (χ0v) is 25.0. The maximum absolute atomic E-state index is 13.2. The Bertz CT molecular complexity index is 1380.